The average Bonchev–Trinajstić information content (AvgIpc) is 2.75. The van der Waals surface area contributed by atoms with Crippen LogP contribution in [0.4, 0.5) is 13.6 Å². The van der Waals surface area contributed by atoms with Crippen molar-refractivity contribution < 1.29 is 32.6 Å². The van der Waals surface area contributed by atoms with Crippen LogP contribution in [0.15, 0.2) is 21.8 Å². The summed E-state index contributed by atoms with van der Waals surface area (Å²) in [6.07, 6.45) is 0.964. The fraction of sp³-hybridized carbons (Fsp3) is 0.550. The van der Waals surface area contributed by atoms with Crippen molar-refractivity contribution in [3.05, 3.63) is 22.3 Å². The van der Waals surface area contributed by atoms with Crippen LogP contribution >= 0.6 is 15.9 Å². The minimum absolute atomic E-state index is 0.00375. The fourth-order valence-corrected chi connectivity index (χ4v) is 4.56. The van der Waals surface area contributed by atoms with E-state index in [0.717, 1.165) is 0 Å². The summed E-state index contributed by atoms with van der Waals surface area (Å²) in [5, 5.41) is 6.78. The first-order valence-corrected chi connectivity index (χ1v) is 11.1. The Morgan fingerprint density at radius 2 is 2.12 bits per heavy atom. The number of halogens is 3. The third-order valence-electron chi connectivity index (χ3n) is 5.62. The number of nitrogens with one attached hydrogen (secondary N) is 2. The van der Waals surface area contributed by atoms with E-state index in [2.05, 4.69) is 36.8 Å². The van der Waals surface area contributed by atoms with Gasteiger partial charge >= 0.3 is 17.9 Å². The predicted octanol–water partition coefficient (Wildman–Crippen LogP) is 2.24. The number of carbonyl (C=O) groups is 3. The highest BCUT2D eigenvalue weighted by Crippen LogP contribution is 2.41. The number of aromatic nitrogens is 1. The van der Waals surface area contributed by atoms with Crippen LogP contribution in [-0.4, -0.2) is 53.3 Å². The molecule has 10 nitrogen and oxygen atoms in total. The Bertz CT molecular complexity index is 953. The molecule has 0 aromatic carbocycles. The van der Waals surface area contributed by atoms with Gasteiger partial charge in [0.2, 0.25) is 5.88 Å². The van der Waals surface area contributed by atoms with E-state index in [1.165, 1.54) is 12.3 Å². The van der Waals surface area contributed by atoms with Gasteiger partial charge in [-0.15, -0.1) is 0 Å². The Morgan fingerprint density at radius 1 is 1.42 bits per heavy atom. The maximum atomic E-state index is 12.5. The van der Waals surface area contributed by atoms with E-state index in [1.807, 2.05) is 0 Å². The van der Waals surface area contributed by atoms with Crippen LogP contribution < -0.4 is 21.2 Å². The summed E-state index contributed by atoms with van der Waals surface area (Å²) in [5.41, 5.74) is 7.22. The van der Waals surface area contributed by atoms with Gasteiger partial charge in [0.25, 0.3) is 6.43 Å². The number of primary amides is 1. The molecule has 1 aliphatic carbocycles. The molecule has 4 N–H and O–H groups in total. The number of amides is 3. The molecule has 1 aromatic heterocycles. The molecule has 2 aliphatic rings. The number of rotatable bonds is 7. The number of hydrogen-bond donors (Lipinski definition) is 3. The highest BCUT2D eigenvalue weighted by atomic mass is 79.9. The standard InChI is InChI=1S/C20H24BrF2N5O5/c1-10(26-18(30)17(24)29)6-11-2-4-20(5-3-11)16(27-28-19(31)33-20)12-7-15(25-8-13(12)21)32-9-14(22)23/h7-8,10-11,14H,2-6,9H2,1H3,(H2,24,29)(H,26,30)(H,28,31)/t10-,11?,20?/m0/s1. The molecule has 0 unspecified atom stereocenters. The Hall–Kier alpha value is -2.83. The van der Waals surface area contributed by atoms with Crippen LogP contribution in [0.3, 0.4) is 0 Å². The number of pyridine rings is 1. The van der Waals surface area contributed by atoms with E-state index >= 15 is 0 Å². The summed E-state index contributed by atoms with van der Waals surface area (Å²) in [5.74, 6) is -1.66. The van der Waals surface area contributed by atoms with Gasteiger partial charge in [-0.05, 0) is 60.9 Å². The van der Waals surface area contributed by atoms with Gasteiger partial charge in [-0.2, -0.15) is 5.10 Å². The smallest absolute Gasteiger partial charge is 0.428 e. The third kappa shape index (κ3) is 6.15. The number of ether oxygens (including phenoxy) is 2. The number of nitrogens with two attached hydrogens (primary N) is 1. The molecule has 1 aliphatic heterocycles. The number of carbonyl (C=O) groups excluding carboxylic acids is 3. The van der Waals surface area contributed by atoms with E-state index in [9.17, 15) is 23.2 Å². The molecule has 1 saturated carbocycles. The first-order valence-electron chi connectivity index (χ1n) is 10.3. The summed E-state index contributed by atoms with van der Waals surface area (Å²) in [6, 6.07) is 1.22. The van der Waals surface area contributed by atoms with Gasteiger partial charge in [0.1, 0.15) is 5.71 Å². The lowest BCUT2D eigenvalue weighted by atomic mass is 9.73. The average molecular weight is 532 g/mol. The minimum Gasteiger partial charge on any atom is -0.472 e. The van der Waals surface area contributed by atoms with Crippen molar-refractivity contribution in [1.29, 1.82) is 0 Å². The zero-order valence-corrected chi connectivity index (χ0v) is 19.4. The summed E-state index contributed by atoms with van der Waals surface area (Å²) < 4.78 is 36.3. The predicted molar refractivity (Wildman–Crippen MR) is 116 cm³/mol. The zero-order chi connectivity index (χ0) is 24.2. The first-order chi connectivity index (χ1) is 15.6. The molecule has 13 heteroatoms. The Morgan fingerprint density at radius 3 is 2.76 bits per heavy atom. The van der Waals surface area contributed by atoms with Gasteiger partial charge in [-0.3, -0.25) is 9.59 Å². The lowest BCUT2D eigenvalue weighted by Crippen LogP contribution is -2.52. The SMILES string of the molecule is C[C@@H](CC1CCC2(CC1)OC(=O)NN=C2c1cc(OCC(F)F)ncc1Br)NC(=O)C(N)=O. The summed E-state index contributed by atoms with van der Waals surface area (Å²) in [7, 11) is 0. The second kappa shape index (κ2) is 10.4. The van der Waals surface area contributed by atoms with Gasteiger partial charge < -0.3 is 20.5 Å². The monoisotopic (exact) mass is 531 g/mol. The van der Waals surface area contributed by atoms with E-state index in [1.54, 1.807) is 6.92 Å². The molecule has 1 aromatic rings. The molecule has 2 heterocycles. The van der Waals surface area contributed by atoms with E-state index in [4.69, 9.17) is 15.2 Å². The van der Waals surface area contributed by atoms with Crippen molar-refractivity contribution in [2.24, 2.45) is 16.8 Å². The van der Waals surface area contributed by atoms with Crippen molar-refractivity contribution in [1.82, 2.24) is 15.7 Å². The Labute approximate surface area is 196 Å². The first kappa shape index (κ1) is 24.8. The number of hydrogen-bond acceptors (Lipinski definition) is 7. The normalized spacial score (nSPS) is 23.4. The summed E-state index contributed by atoms with van der Waals surface area (Å²) >= 11 is 3.40. The van der Waals surface area contributed by atoms with Crippen molar-refractivity contribution in [2.75, 3.05) is 6.61 Å². The van der Waals surface area contributed by atoms with Crippen LogP contribution in [0.5, 0.6) is 5.88 Å². The highest BCUT2D eigenvalue weighted by molar-refractivity contribution is 9.10. The van der Waals surface area contributed by atoms with Crippen molar-refractivity contribution in [3.63, 3.8) is 0 Å². The molecule has 1 spiro atoms. The van der Waals surface area contributed by atoms with Gasteiger partial charge in [0, 0.05) is 28.3 Å². The number of alkyl halides is 2. The van der Waals surface area contributed by atoms with E-state index < -0.39 is 36.5 Å². The second-order valence-corrected chi connectivity index (χ2v) is 8.93. The molecule has 3 rings (SSSR count). The van der Waals surface area contributed by atoms with Crippen LogP contribution in [0.25, 0.3) is 0 Å². The molecular formula is C20H24BrF2N5O5. The molecular weight excluding hydrogens is 508 g/mol. The molecule has 0 bridgehead atoms. The third-order valence-corrected chi connectivity index (χ3v) is 6.25. The Kier molecular flexibility index (Phi) is 7.82. The molecule has 1 atom stereocenters. The van der Waals surface area contributed by atoms with Gasteiger partial charge in [0.05, 0.1) is 0 Å². The molecule has 33 heavy (non-hydrogen) atoms. The molecule has 1 fully saturated rings. The van der Waals surface area contributed by atoms with Crippen LogP contribution in [0.1, 0.15) is 44.6 Å². The maximum absolute atomic E-state index is 12.5. The second-order valence-electron chi connectivity index (χ2n) is 8.08. The van der Waals surface area contributed by atoms with Gasteiger partial charge in [-0.1, -0.05) is 0 Å². The van der Waals surface area contributed by atoms with Crippen molar-refractivity contribution in [2.45, 2.75) is 57.1 Å². The zero-order valence-electron chi connectivity index (χ0n) is 17.8. The van der Waals surface area contributed by atoms with Crippen LogP contribution in [0, 0.1) is 5.92 Å². The minimum atomic E-state index is -2.65. The van der Waals surface area contributed by atoms with Crippen LogP contribution in [0.2, 0.25) is 0 Å². The lowest BCUT2D eigenvalue weighted by Gasteiger charge is -2.42. The summed E-state index contributed by atoms with van der Waals surface area (Å²) in [4.78, 5) is 38.4. The van der Waals surface area contributed by atoms with Crippen LogP contribution in [-0.2, 0) is 14.3 Å². The molecule has 3 amide bonds. The van der Waals surface area contributed by atoms with Crippen molar-refractivity contribution >= 4 is 39.5 Å². The highest BCUT2D eigenvalue weighted by Gasteiger charge is 2.47. The fourth-order valence-electron chi connectivity index (χ4n) is 4.16. The molecule has 180 valence electrons. The number of nitrogens with zero attached hydrogens (tertiary/aromatic N) is 2. The number of hydrazone groups is 1. The van der Waals surface area contributed by atoms with Gasteiger partial charge in [-0.25, -0.2) is 24.0 Å². The summed E-state index contributed by atoms with van der Waals surface area (Å²) in [6.45, 7) is 0.989. The quantitative estimate of drug-likeness (QED) is 0.460. The topological polar surface area (TPSA) is 145 Å². The largest absolute Gasteiger partial charge is 0.472 e. The van der Waals surface area contributed by atoms with E-state index in [-0.39, 0.29) is 17.8 Å². The van der Waals surface area contributed by atoms with E-state index in [0.29, 0.717) is 47.9 Å². The lowest BCUT2D eigenvalue weighted by molar-refractivity contribution is -0.137. The van der Waals surface area contributed by atoms with Gasteiger partial charge in [0.15, 0.2) is 12.2 Å². The Balaban J connectivity index is 1.75. The maximum Gasteiger partial charge on any atom is 0.428 e. The molecule has 0 saturated heterocycles. The molecule has 0 radical (unpaired) electrons. The van der Waals surface area contributed by atoms with Crippen molar-refractivity contribution in [3.8, 4) is 5.88 Å².